The highest BCUT2D eigenvalue weighted by Gasteiger charge is 2.14. The van der Waals surface area contributed by atoms with E-state index in [4.69, 9.17) is 5.11 Å². The maximum Gasteiger partial charge on any atom is 0.328 e. The molecule has 0 fully saturated rings. The zero-order valence-electron chi connectivity index (χ0n) is 15.9. The Morgan fingerprint density at radius 3 is 2.62 bits per heavy atom. The van der Waals surface area contributed by atoms with Crippen LogP contribution in [0.1, 0.15) is 34.9 Å². The number of rotatable bonds is 6. The fourth-order valence-electron chi connectivity index (χ4n) is 3.47. The van der Waals surface area contributed by atoms with Crippen molar-refractivity contribution < 1.29 is 9.90 Å². The summed E-state index contributed by atoms with van der Waals surface area (Å²) in [6.07, 6.45) is 5.50. The molecular formula is C24H20N2O2S. The number of thiophene rings is 1. The van der Waals surface area contributed by atoms with Gasteiger partial charge in [0.2, 0.25) is 0 Å². The van der Waals surface area contributed by atoms with Crippen molar-refractivity contribution >= 4 is 45.4 Å². The number of aliphatic carboxylic acids is 1. The maximum absolute atomic E-state index is 10.8. The Morgan fingerprint density at radius 1 is 1.14 bits per heavy atom. The van der Waals surface area contributed by atoms with Crippen LogP contribution in [0.2, 0.25) is 0 Å². The van der Waals surface area contributed by atoms with Gasteiger partial charge in [0.15, 0.2) is 0 Å². The Morgan fingerprint density at radius 2 is 1.93 bits per heavy atom. The Kier molecular flexibility index (Phi) is 5.40. The first-order valence-electron chi connectivity index (χ1n) is 9.37. The molecule has 0 bridgehead atoms. The number of nitrogens with zero attached hydrogens (tertiary/aromatic N) is 1. The van der Waals surface area contributed by atoms with Crippen LogP contribution in [-0.4, -0.2) is 21.3 Å². The number of aromatic nitrogens is 2. The number of aromatic amines is 1. The third kappa shape index (κ3) is 4.05. The molecule has 0 saturated heterocycles. The minimum atomic E-state index is -0.950. The molecule has 0 atom stereocenters. The second-order valence-electron chi connectivity index (χ2n) is 6.65. The van der Waals surface area contributed by atoms with E-state index in [0.29, 0.717) is 0 Å². The zero-order chi connectivity index (χ0) is 20.2. The van der Waals surface area contributed by atoms with Gasteiger partial charge in [0, 0.05) is 16.3 Å². The number of carboxylic acid groups (broad SMARTS) is 1. The molecule has 144 valence electrons. The van der Waals surface area contributed by atoms with Crippen molar-refractivity contribution in [3.05, 3.63) is 93.8 Å². The average molecular weight is 401 g/mol. The number of H-pyrrole nitrogens is 1. The third-order valence-electron chi connectivity index (χ3n) is 4.82. The Bertz CT molecular complexity index is 1200. The largest absolute Gasteiger partial charge is 0.478 e. The van der Waals surface area contributed by atoms with E-state index in [1.807, 2.05) is 18.3 Å². The summed E-state index contributed by atoms with van der Waals surface area (Å²) in [4.78, 5) is 12.0. The lowest BCUT2D eigenvalue weighted by atomic mass is 9.90. The second-order valence-corrected chi connectivity index (χ2v) is 7.60. The van der Waals surface area contributed by atoms with Gasteiger partial charge in [-0.15, -0.1) is 11.3 Å². The first-order valence-corrected chi connectivity index (χ1v) is 10.3. The van der Waals surface area contributed by atoms with E-state index in [1.165, 1.54) is 16.0 Å². The van der Waals surface area contributed by atoms with E-state index < -0.39 is 5.97 Å². The summed E-state index contributed by atoms with van der Waals surface area (Å²) in [6.45, 7) is 2.18. The van der Waals surface area contributed by atoms with Gasteiger partial charge in [0.1, 0.15) is 0 Å². The van der Waals surface area contributed by atoms with Gasteiger partial charge < -0.3 is 5.11 Å². The van der Waals surface area contributed by atoms with Crippen molar-refractivity contribution in [2.75, 3.05) is 0 Å². The first kappa shape index (κ1) is 18.9. The van der Waals surface area contributed by atoms with Gasteiger partial charge >= 0.3 is 5.97 Å². The van der Waals surface area contributed by atoms with Gasteiger partial charge in [-0.1, -0.05) is 43.3 Å². The Balaban J connectivity index is 1.87. The molecule has 4 nitrogen and oxygen atoms in total. The molecule has 0 aliphatic rings. The minimum absolute atomic E-state index is 0.856. The number of hydrogen-bond donors (Lipinski definition) is 2. The smallest absolute Gasteiger partial charge is 0.328 e. The molecule has 2 aromatic heterocycles. The van der Waals surface area contributed by atoms with Gasteiger partial charge in [-0.3, -0.25) is 5.10 Å². The molecule has 2 N–H and O–H groups in total. The summed E-state index contributed by atoms with van der Waals surface area (Å²) in [5.74, 6) is -0.950. The van der Waals surface area contributed by atoms with Gasteiger partial charge in [-0.2, -0.15) is 5.10 Å². The van der Waals surface area contributed by atoms with Crippen LogP contribution < -0.4 is 0 Å². The average Bonchev–Trinajstić information content (AvgIpc) is 3.42. The molecular weight excluding hydrogens is 380 g/mol. The van der Waals surface area contributed by atoms with Crippen molar-refractivity contribution in [2.45, 2.75) is 13.3 Å². The topological polar surface area (TPSA) is 66.0 Å². The fraction of sp³-hybridized carbons (Fsp3) is 0.0833. The van der Waals surface area contributed by atoms with E-state index in [1.54, 1.807) is 17.4 Å². The molecule has 0 radical (unpaired) electrons. The van der Waals surface area contributed by atoms with E-state index in [-0.39, 0.29) is 0 Å². The van der Waals surface area contributed by atoms with E-state index in [2.05, 4.69) is 65.0 Å². The normalized spacial score (nSPS) is 12.4. The fourth-order valence-corrected chi connectivity index (χ4v) is 4.32. The molecule has 0 aliphatic heterocycles. The lowest BCUT2D eigenvalue weighted by molar-refractivity contribution is -0.131. The van der Waals surface area contributed by atoms with Crippen LogP contribution in [0, 0.1) is 0 Å². The third-order valence-corrected chi connectivity index (χ3v) is 5.75. The molecule has 4 rings (SSSR count). The molecule has 0 unspecified atom stereocenters. The molecule has 29 heavy (non-hydrogen) atoms. The van der Waals surface area contributed by atoms with Gasteiger partial charge in [0.05, 0.1) is 11.7 Å². The number of allylic oxidation sites excluding steroid dienone is 1. The minimum Gasteiger partial charge on any atom is -0.478 e. The predicted molar refractivity (Wildman–Crippen MR) is 120 cm³/mol. The number of hydrogen-bond acceptors (Lipinski definition) is 3. The summed E-state index contributed by atoms with van der Waals surface area (Å²) in [5.41, 5.74) is 6.58. The van der Waals surface area contributed by atoms with E-state index in [0.717, 1.165) is 40.1 Å². The molecule has 0 saturated carbocycles. The summed E-state index contributed by atoms with van der Waals surface area (Å²) >= 11 is 1.74. The van der Waals surface area contributed by atoms with Crippen LogP contribution in [-0.2, 0) is 4.79 Å². The maximum atomic E-state index is 10.8. The summed E-state index contributed by atoms with van der Waals surface area (Å²) < 4.78 is 0. The number of nitrogens with one attached hydrogen (secondary N) is 1. The van der Waals surface area contributed by atoms with Crippen LogP contribution in [0.4, 0.5) is 0 Å². The molecule has 2 heterocycles. The van der Waals surface area contributed by atoms with Crippen molar-refractivity contribution in [1.82, 2.24) is 10.2 Å². The summed E-state index contributed by atoms with van der Waals surface area (Å²) in [6, 6.07) is 18.6. The standard InChI is InChI=1S/C24H20N2O2S/c1-2-20(22-4-3-13-29-22)24(18-10-11-21-19(14-18)15-25-26-21)17-8-5-16(6-9-17)7-12-23(27)28/h3-15H,2H2,1H3,(H,25,26)(H,27,28)/b12-7+,24-20?. The van der Waals surface area contributed by atoms with Crippen LogP contribution in [0.5, 0.6) is 0 Å². The highest BCUT2D eigenvalue weighted by Crippen LogP contribution is 2.37. The monoisotopic (exact) mass is 400 g/mol. The van der Waals surface area contributed by atoms with Crippen LogP contribution in [0.15, 0.2) is 72.3 Å². The lowest BCUT2D eigenvalue weighted by Crippen LogP contribution is -1.94. The van der Waals surface area contributed by atoms with E-state index in [9.17, 15) is 4.79 Å². The quantitative estimate of drug-likeness (QED) is 0.385. The number of carboxylic acids is 1. The molecule has 5 heteroatoms. The molecule has 4 aromatic rings. The van der Waals surface area contributed by atoms with Crippen molar-refractivity contribution in [2.24, 2.45) is 0 Å². The lowest BCUT2D eigenvalue weighted by Gasteiger charge is -2.15. The highest BCUT2D eigenvalue weighted by molar-refractivity contribution is 7.11. The van der Waals surface area contributed by atoms with Crippen LogP contribution in [0.3, 0.4) is 0 Å². The number of carbonyl (C=O) groups is 1. The summed E-state index contributed by atoms with van der Waals surface area (Å²) in [5, 5.41) is 19.2. The second kappa shape index (κ2) is 8.29. The van der Waals surface area contributed by atoms with Crippen molar-refractivity contribution in [3.63, 3.8) is 0 Å². The molecule has 0 aliphatic carbocycles. The highest BCUT2D eigenvalue weighted by atomic mass is 32.1. The molecule has 2 aromatic carbocycles. The summed E-state index contributed by atoms with van der Waals surface area (Å²) in [7, 11) is 0. The molecule has 0 amide bonds. The van der Waals surface area contributed by atoms with Gasteiger partial charge in [0.25, 0.3) is 0 Å². The zero-order valence-corrected chi connectivity index (χ0v) is 16.7. The van der Waals surface area contributed by atoms with Crippen LogP contribution in [0.25, 0.3) is 28.1 Å². The Hall–Kier alpha value is -3.44. The van der Waals surface area contributed by atoms with Crippen LogP contribution >= 0.6 is 11.3 Å². The molecule has 0 spiro atoms. The van der Waals surface area contributed by atoms with Crippen molar-refractivity contribution in [3.8, 4) is 0 Å². The SMILES string of the molecule is CCC(=C(c1ccc(/C=C/C(=O)O)cc1)c1ccc2[nH]ncc2c1)c1cccs1. The van der Waals surface area contributed by atoms with E-state index >= 15 is 0 Å². The van der Waals surface area contributed by atoms with Crippen molar-refractivity contribution in [1.29, 1.82) is 0 Å². The number of fused-ring (bicyclic) bond motifs is 1. The van der Waals surface area contributed by atoms with Gasteiger partial charge in [-0.05, 0) is 63.9 Å². The predicted octanol–water partition coefficient (Wildman–Crippen LogP) is 6.09. The number of benzene rings is 2. The van der Waals surface area contributed by atoms with Gasteiger partial charge in [-0.25, -0.2) is 4.79 Å². The Labute approximate surface area is 172 Å². The first-order chi connectivity index (χ1) is 14.2.